The van der Waals surface area contributed by atoms with Gasteiger partial charge in [0.2, 0.25) is 0 Å². The molecule has 4 N–H and O–H groups in total. The molecule has 1 heterocycles. The van der Waals surface area contributed by atoms with E-state index >= 15 is 0 Å². The highest BCUT2D eigenvalue weighted by atomic mass is 16.5. The fourth-order valence-electron chi connectivity index (χ4n) is 1.82. The van der Waals surface area contributed by atoms with Crippen LogP contribution < -0.4 is 16.6 Å². The number of aromatic nitrogens is 1. The first-order chi connectivity index (χ1) is 9.65. The van der Waals surface area contributed by atoms with Crippen molar-refractivity contribution in [2.75, 3.05) is 19.1 Å². The summed E-state index contributed by atoms with van der Waals surface area (Å²) in [6, 6.07) is 9.13. The van der Waals surface area contributed by atoms with E-state index < -0.39 is 0 Å². The van der Waals surface area contributed by atoms with Gasteiger partial charge in [-0.15, -0.1) is 0 Å². The van der Waals surface area contributed by atoms with Crippen molar-refractivity contribution < 1.29 is 9.53 Å². The molecule has 0 spiro atoms. The molecule has 0 saturated carbocycles. The Balaban J connectivity index is 2.28. The van der Waals surface area contributed by atoms with Crippen LogP contribution in [0.1, 0.15) is 17.4 Å². The average Bonchev–Trinajstić information content (AvgIpc) is 2.50. The molecule has 20 heavy (non-hydrogen) atoms. The number of nitrogens with zero attached hydrogens (tertiary/aromatic N) is 1. The minimum atomic E-state index is -0.254. The van der Waals surface area contributed by atoms with Gasteiger partial charge in [0, 0.05) is 19.0 Å². The fraction of sp³-hybridized carbons (Fsp3) is 0.286. The molecule has 1 atom stereocenters. The van der Waals surface area contributed by atoms with Crippen LogP contribution in [0.3, 0.4) is 0 Å². The Morgan fingerprint density at radius 3 is 2.90 bits per heavy atom. The van der Waals surface area contributed by atoms with Crippen molar-refractivity contribution in [3.8, 4) is 0 Å². The van der Waals surface area contributed by atoms with Crippen molar-refractivity contribution in [1.29, 1.82) is 0 Å². The van der Waals surface area contributed by atoms with E-state index in [9.17, 15) is 4.79 Å². The minimum absolute atomic E-state index is 0.0495. The Morgan fingerprint density at radius 1 is 1.45 bits per heavy atom. The number of anilines is 1. The molecule has 2 rings (SSSR count). The Bertz CT molecular complexity index is 615. The number of methoxy groups -OCH3 is 1. The normalized spacial score (nSPS) is 12.2. The number of carbonyl (C=O) groups is 1. The standard InChI is InChI=1S/C14H18N4O2/c1-9(20-2)8-16-14(19)13-7-12(18-15)10-5-3-4-6-11(10)17-13/h3-7,9H,8,15H2,1-2H3,(H,16,19)(H,17,18). The minimum Gasteiger partial charge on any atom is -0.380 e. The molecule has 6 heteroatoms. The molecule has 1 unspecified atom stereocenters. The maximum absolute atomic E-state index is 12.1. The molecule has 0 radical (unpaired) electrons. The van der Waals surface area contributed by atoms with Crippen LogP contribution in [0.4, 0.5) is 5.69 Å². The van der Waals surface area contributed by atoms with Gasteiger partial charge in [-0.25, -0.2) is 4.98 Å². The predicted octanol–water partition coefficient (Wildman–Crippen LogP) is 1.29. The maximum atomic E-state index is 12.1. The fourth-order valence-corrected chi connectivity index (χ4v) is 1.82. The van der Waals surface area contributed by atoms with Crippen LogP contribution >= 0.6 is 0 Å². The van der Waals surface area contributed by atoms with Gasteiger partial charge < -0.3 is 15.5 Å². The zero-order valence-electron chi connectivity index (χ0n) is 11.5. The van der Waals surface area contributed by atoms with E-state index in [0.29, 0.717) is 23.4 Å². The molecular formula is C14H18N4O2. The number of para-hydroxylation sites is 1. The van der Waals surface area contributed by atoms with Gasteiger partial charge in [-0.3, -0.25) is 10.6 Å². The van der Waals surface area contributed by atoms with Crippen LogP contribution in [0, 0.1) is 0 Å². The number of nitrogens with one attached hydrogen (secondary N) is 2. The molecule has 0 aliphatic rings. The summed E-state index contributed by atoms with van der Waals surface area (Å²) < 4.78 is 5.08. The number of hydrazine groups is 1. The maximum Gasteiger partial charge on any atom is 0.270 e. The molecule has 1 amide bonds. The van der Waals surface area contributed by atoms with E-state index in [1.807, 2.05) is 31.2 Å². The van der Waals surface area contributed by atoms with E-state index in [-0.39, 0.29) is 12.0 Å². The second-order valence-electron chi connectivity index (χ2n) is 4.47. The number of hydrogen-bond donors (Lipinski definition) is 3. The number of carbonyl (C=O) groups excluding carboxylic acids is 1. The molecule has 6 nitrogen and oxygen atoms in total. The van der Waals surface area contributed by atoms with Crippen molar-refractivity contribution >= 4 is 22.5 Å². The zero-order chi connectivity index (χ0) is 14.5. The third-order valence-electron chi connectivity index (χ3n) is 3.06. The second kappa shape index (κ2) is 6.31. The third kappa shape index (κ3) is 3.04. The Morgan fingerprint density at radius 2 is 2.20 bits per heavy atom. The summed E-state index contributed by atoms with van der Waals surface area (Å²) >= 11 is 0. The summed E-state index contributed by atoms with van der Waals surface area (Å²) in [4.78, 5) is 16.4. The summed E-state index contributed by atoms with van der Waals surface area (Å²) in [7, 11) is 1.60. The summed E-state index contributed by atoms with van der Waals surface area (Å²) in [5.41, 5.74) is 4.30. The van der Waals surface area contributed by atoms with E-state index in [0.717, 1.165) is 5.39 Å². The van der Waals surface area contributed by atoms with E-state index in [2.05, 4.69) is 15.7 Å². The number of benzene rings is 1. The van der Waals surface area contributed by atoms with Crippen molar-refractivity contribution in [1.82, 2.24) is 10.3 Å². The molecule has 106 valence electrons. The summed E-state index contributed by atoms with van der Waals surface area (Å²) in [5.74, 6) is 5.25. The summed E-state index contributed by atoms with van der Waals surface area (Å²) in [5, 5.41) is 3.64. The van der Waals surface area contributed by atoms with Gasteiger partial charge in [-0.1, -0.05) is 18.2 Å². The smallest absolute Gasteiger partial charge is 0.270 e. The second-order valence-corrected chi connectivity index (χ2v) is 4.47. The Labute approximate surface area is 117 Å². The van der Waals surface area contributed by atoms with Crippen LogP contribution in [-0.4, -0.2) is 30.6 Å². The Hall–Kier alpha value is -2.18. The van der Waals surface area contributed by atoms with Crippen molar-refractivity contribution in [3.63, 3.8) is 0 Å². The number of nitrogen functional groups attached to an aromatic ring is 1. The third-order valence-corrected chi connectivity index (χ3v) is 3.06. The van der Waals surface area contributed by atoms with E-state index in [1.165, 1.54) is 0 Å². The van der Waals surface area contributed by atoms with E-state index in [1.54, 1.807) is 13.2 Å². The molecule has 1 aromatic carbocycles. The topological polar surface area (TPSA) is 89.3 Å². The molecular weight excluding hydrogens is 256 g/mol. The SMILES string of the molecule is COC(C)CNC(=O)c1cc(NN)c2ccccc2n1. The van der Waals surface area contributed by atoms with Gasteiger partial charge >= 0.3 is 0 Å². The lowest BCUT2D eigenvalue weighted by Crippen LogP contribution is -2.32. The van der Waals surface area contributed by atoms with Gasteiger partial charge in [0.05, 0.1) is 17.3 Å². The molecule has 0 aliphatic heterocycles. The lowest BCUT2D eigenvalue weighted by atomic mass is 10.1. The number of pyridine rings is 1. The number of rotatable bonds is 5. The van der Waals surface area contributed by atoms with Gasteiger partial charge in [0.15, 0.2) is 0 Å². The molecule has 1 aromatic heterocycles. The van der Waals surface area contributed by atoms with E-state index in [4.69, 9.17) is 10.6 Å². The largest absolute Gasteiger partial charge is 0.380 e. The van der Waals surface area contributed by atoms with Crippen LogP contribution in [0.15, 0.2) is 30.3 Å². The highest BCUT2D eigenvalue weighted by molar-refractivity contribution is 5.99. The van der Waals surface area contributed by atoms with Crippen LogP contribution in [0.5, 0.6) is 0 Å². The number of amides is 1. The zero-order valence-corrected chi connectivity index (χ0v) is 11.5. The van der Waals surface area contributed by atoms with Crippen molar-refractivity contribution in [2.24, 2.45) is 5.84 Å². The van der Waals surface area contributed by atoms with Crippen LogP contribution in [-0.2, 0) is 4.74 Å². The van der Waals surface area contributed by atoms with Crippen molar-refractivity contribution in [3.05, 3.63) is 36.0 Å². The van der Waals surface area contributed by atoms with Gasteiger partial charge in [-0.2, -0.15) is 0 Å². The van der Waals surface area contributed by atoms with Crippen LogP contribution in [0.2, 0.25) is 0 Å². The lowest BCUT2D eigenvalue weighted by molar-refractivity contribution is 0.0866. The van der Waals surface area contributed by atoms with Crippen molar-refractivity contribution in [2.45, 2.75) is 13.0 Å². The number of fused-ring (bicyclic) bond motifs is 1. The number of ether oxygens (including phenoxy) is 1. The predicted molar refractivity (Wildman–Crippen MR) is 78.4 cm³/mol. The molecule has 0 saturated heterocycles. The summed E-state index contributed by atoms with van der Waals surface area (Å²) in [6.45, 7) is 2.30. The average molecular weight is 274 g/mol. The Kier molecular flexibility index (Phi) is 4.49. The molecule has 0 aliphatic carbocycles. The monoisotopic (exact) mass is 274 g/mol. The van der Waals surface area contributed by atoms with Gasteiger partial charge in [-0.05, 0) is 19.1 Å². The first-order valence-electron chi connectivity index (χ1n) is 6.33. The van der Waals surface area contributed by atoms with Crippen LogP contribution in [0.25, 0.3) is 10.9 Å². The van der Waals surface area contributed by atoms with Gasteiger partial charge in [0.1, 0.15) is 5.69 Å². The lowest BCUT2D eigenvalue weighted by Gasteiger charge is -2.12. The molecule has 2 aromatic rings. The number of nitrogens with two attached hydrogens (primary N) is 1. The first kappa shape index (κ1) is 14.2. The quantitative estimate of drug-likeness (QED) is 0.564. The first-order valence-corrected chi connectivity index (χ1v) is 6.33. The summed E-state index contributed by atoms with van der Waals surface area (Å²) in [6.07, 6.45) is -0.0495. The molecule has 0 bridgehead atoms. The highest BCUT2D eigenvalue weighted by Gasteiger charge is 2.12. The van der Waals surface area contributed by atoms with Gasteiger partial charge in [0.25, 0.3) is 5.91 Å². The number of hydrogen-bond acceptors (Lipinski definition) is 5. The highest BCUT2D eigenvalue weighted by Crippen LogP contribution is 2.22. The molecule has 0 fully saturated rings.